The minimum atomic E-state index is -0.809. The zero-order chi connectivity index (χ0) is 10.6. The van der Waals surface area contributed by atoms with Crippen molar-refractivity contribution in [2.75, 3.05) is 23.1 Å². The zero-order valence-electron chi connectivity index (χ0n) is 8.23. The molecular weight excluding hydrogens is 200 g/mol. The average Bonchev–Trinajstić information content (AvgIpc) is 2.07. The molecule has 78 valence electrons. The Morgan fingerprint density at radius 2 is 2.29 bits per heavy atom. The van der Waals surface area contributed by atoms with Crippen LogP contribution in [-0.4, -0.2) is 32.2 Å². The van der Waals surface area contributed by atoms with Crippen molar-refractivity contribution in [1.29, 1.82) is 0 Å². The van der Waals surface area contributed by atoms with E-state index in [1.165, 1.54) is 6.20 Å². The monoisotopic (exact) mass is 214 g/mol. The normalized spacial score (nSPS) is 14.7. The molecule has 0 radical (unpaired) electrons. The molecule has 0 saturated carbocycles. The molecule has 3 N–H and O–H groups in total. The number of aromatic nitrogens is 2. The molecule has 0 aromatic carbocycles. The minimum absolute atomic E-state index is 0.110. The first-order valence-corrected chi connectivity index (χ1v) is 5.94. The van der Waals surface area contributed by atoms with Gasteiger partial charge in [0.15, 0.2) is 0 Å². The van der Waals surface area contributed by atoms with E-state index < -0.39 is 10.8 Å². The Bertz CT molecular complexity index is 314. The molecule has 1 heterocycles. The minimum Gasteiger partial charge on any atom is -0.382 e. The van der Waals surface area contributed by atoms with Gasteiger partial charge in [-0.1, -0.05) is 0 Å². The van der Waals surface area contributed by atoms with E-state index in [0.717, 1.165) is 0 Å². The van der Waals surface area contributed by atoms with Crippen LogP contribution < -0.4 is 11.1 Å². The van der Waals surface area contributed by atoms with Gasteiger partial charge >= 0.3 is 0 Å². The Balaban J connectivity index is 2.51. The van der Waals surface area contributed by atoms with Crippen molar-refractivity contribution < 1.29 is 4.21 Å². The van der Waals surface area contributed by atoms with Crippen molar-refractivity contribution >= 4 is 22.4 Å². The summed E-state index contributed by atoms with van der Waals surface area (Å²) < 4.78 is 10.9. The lowest BCUT2D eigenvalue weighted by molar-refractivity contribution is 0.683. The second-order valence-electron chi connectivity index (χ2n) is 3.11. The molecule has 1 aromatic rings. The fourth-order valence-corrected chi connectivity index (χ4v) is 1.85. The van der Waals surface area contributed by atoms with E-state index in [1.54, 1.807) is 12.5 Å². The van der Waals surface area contributed by atoms with Crippen molar-refractivity contribution in [1.82, 2.24) is 9.97 Å². The fraction of sp³-hybridized carbons (Fsp3) is 0.500. The Morgan fingerprint density at radius 1 is 1.57 bits per heavy atom. The number of rotatable bonds is 4. The van der Waals surface area contributed by atoms with Crippen LogP contribution >= 0.6 is 0 Å². The van der Waals surface area contributed by atoms with Crippen molar-refractivity contribution in [2.45, 2.75) is 13.0 Å². The highest BCUT2D eigenvalue weighted by Gasteiger charge is 2.04. The highest BCUT2D eigenvalue weighted by atomic mass is 32.2. The van der Waals surface area contributed by atoms with E-state index in [0.29, 0.717) is 17.4 Å². The lowest BCUT2D eigenvalue weighted by Gasteiger charge is -2.12. The van der Waals surface area contributed by atoms with Crippen LogP contribution in [0.1, 0.15) is 6.92 Å². The van der Waals surface area contributed by atoms with Gasteiger partial charge in [-0.25, -0.2) is 9.97 Å². The van der Waals surface area contributed by atoms with Crippen LogP contribution in [0.2, 0.25) is 0 Å². The van der Waals surface area contributed by atoms with Gasteiger partial charge in [0.05, 0.1) is 12.4 Å². The second-order valence-corrected chi connectivity index (χ2v) is 4.59. The maximum Gasteiger partial charge on any atom is 0.144 e. The van der Waals surface area contributed by atoms with Crippen molar-refractivity contribution in [2.24, 2.45) is 0 Å². The number of nitrogens with one attached hydrogen (secondary N) is 1. The maximum absolute atomic E-state index is 10.9. The van der Waals surface area contributed by atoms with Gasteiger partial charge in [-0.2, -0.15) is 0 Å². The number of hydrogen-bond donors (Lipinski definition) is 2. The predicted molar refractivity (Wildman–Crippen MR) is 58.5 cm³/mol. The summed E-state index contributed by atoms with van der Waals surface area (Å²) in [7, 11) is -0.809. The van der Waals surface area contributed by atoms with Crippen LogP contribution in [-0.2, 0) is 10.8 Å². The molecular formula is C8H14N4OS. The van der Waals surface area contributed by atoms with Gasteiger partial charge in [0, 0.05) is 28.9 Å². The summed E-state index contributed by atoms with van der Waals surface area (Å²) in [6, 6.07) is 0.110. The van der Waals surface area contributed by atoms with E-state index in [2.05, 4.69) is 15.3 Å². The molecule has 5 nitrogen and oxygen atoms in total. The van der Waals surface area contributed by atoms with E-state index in [1.807, 2.05) is 6.92 Å². The molecule has 0 bridgehead atoms. The molecule has 0 amide bonds. The summed E-state index contributed by atoms with van der Waals surface area (Å²) in [6.07, 6.45) is 4.72. The number of hydrogen-bond acceptors (Lipinski definition) is 5. The Kier molecular flexibility index (Phi) is 3.82. The number of nitrogens with zero attached hydrogens (tertiary/aromatic N) is 2. The lowest BCUT2D eigenvalue weighted by atomic mass is 10.4. The van der Waals surface area contributed by atoms with E-state index in [9.17, 15) is 4.21 Å². The van der Waals surface area contributed by atoms with Crippen molar-refractivity contribution in [3.05, 3.63) is 12.4 Å². The van der Waals surface area contributed by atoms with Crippen LogP contribution in [0.5, 0.6) is 0 Å². The molecule has 0 saturated heterocycles. The SMILES string of the molecule is CC(CS(C)=O)Nc1cnc(N)cn1. The Morgan fingerprint density at radius 3 is 2.79 bits per heavy atom. The Hall–Kier alpha value is -1.17. The summed E-state index contributed by atoms with van der Waals surface area (Å²) in [5, 5.41) is 3.08. The predicted octanol–water partition coefficient (Wildman–Crippen LogP) is 0.238. The number of nitrogen functional groups attached to an aromatic ring is 1. The summed E-state index contributed by atoms with van der Waals surface area (Å²) >= 11 is 0. The summed E-state index contributed by atoms with van der Waals surface area (Å²) in [6.45, 7) is 1.94. The van der Waals surface area contributed by atoms with E-state index >= 15 is 0 Å². The lowest BCUT2D eigenvalue weighted by Crippen LogP contribution is -2.22. The summed E-state index contributed by atoms with van der Waals surface area (Å²) in [5.74, 6) is 1.63. The first-order valence-electron chi connectivity index (χ1n) is 4.22. The van der Waals surface area contributed by atoms with E-state index in [4.69, 9.17) is 5.73 Å². The van der Waals surface area contributed by atoms with E-state index in [-0.39, 0.29) is 6.04 Å². The quantitative estimate of drug-likeness (QED) is 0.750. The van der Waals surface area contributed by atoms with Gasteiger partial charge < -0.3 is 11.1 Å². The molecule has 0 spiro atoms. The van der Waals surface area contributed by atoms with Crippen LogP contribution in [0.3, 0.4) is 0 Å². The number of nitrogens with two attached hydrogens (primary N) is 1. The standard InChI is InChI=1S/C8H14N4OS/c1-6(5-14(2)13)12-8-4-10-7(9)3-11-8/h3-4,6H,5H2,1-2H3,(H2,9,10)(H,11,12). The van der Waals surface area contributed by atoms with Crippen molar-refractivity contribution in [3.63, 3.8) is 0 Å². The van der Waals surface area contributed by atoms with Gasteiger partial charge in [0.1, 0.15) is 11.6 Å². The van der Waals surface area contributed by atoms with Gasteiger partial charge in [0.25, 0.3) is 0 Å². The van der Waals surface area contributed by atoms with Crippen molar-refractivity contribution in [3.8, 4) is 0 Å². The third-order valence-electron chi connectivity index (χ3n) is 1.55. The maximum atomic E-state index is 10.9. The zero-order valence-corrected chi connectivity index (χ0v) is 9.04. The number of anilines is 2. The van der Waals surface area contributed by atoms with Crippen LogP contribution in [0.15, 0.2) is 12.4 Å². The second kappa shape index (κ2) is 4.90. The van der Waals surface area contributed by atoms with Gasteiger partial charge in [0.2, 0.25) is 0 Å². The van der Waals surface area contributed by atoms with Crippen LogP contribution in [0, 0.1) is 0 Å². The molecule has 1 aromatic heterocycles. The first kappa shape index (κ1) is 10.9. The van der Waals surface area contributed by atoms with Crippen LogP contribution in [0.4, 0.5) is 11.6 Å². The summed E-state index contributed by atoms with van der Waals surface area (Å²) in [4.78, 5) is 7.92. The molecule has 6 heteroatoms. The highest BCUT2D eigenvalue weighted by Crippen LogP contribution is 2.03. The molecule has 14 heavy (non-hydrogen) atoms. The fourth-order valence-electron chi connectivity index (χ4n) is 1.06. The molecule has 0 aliphatic heterocycles. The Labute approximate surface area is 85.6 Å². The molecule has 1 rings (SSSR count). The average molecular weight is 214 g/mol. The molecule has 2 unspecified atom stereocenters. The van der Waals surface area contributed by atoms with Crippen LogP contribution in [0.25, 0.3) is 0 Å². The topological polar surface area (TPSA) is 80.9 Å². The largest absolute Gasteiger partial charge is 0.382 e. The molecule has 0 aliphatic carbocycles. The molecule has 0 aliphatic rings. The third kappa shape index (κ3) is 3.69. The molecule has 2 atom stereocenters. The first-order chi connectivity index (χ1) is 6.58. The third-order valence-corrected chi connectivity index (χ3v) is 2.52. The van der Waals surface area contributed by atoms with Gasteiger partial charge in [-0.3, -0.25) is 4.21 Å². The summed E-state index contributed by atoms with van der Waals surface area (Å²) in [5.41, 5.74) is 5.39. The van der Waals surface area contributed by atoms with Gasteiger partial charge in [-0.15, -0.1) is 0 Å². The highest BCUT2D eigenvalue weighted by molar-refractivity contribution is 7.84. The van der Waals surface area contributed by atoms with Gasteiger partial charge in [-0.05, 0) is 6.92 Å². The smallest absolute Gasteiger partial charge is 0.144 e. The molecule has 0 fully saturated rings.